The third-order valence-electron chi connectivity index (χ3n) is 4.93. The minimum absolute atomic E-state index is 0.0354. The van der Waals surface area contributed by atoms with Crippen molar-refractivity contribution < 1.29 is 14.1 Å². The maximum atomic E-state index is 12.7. The van der Waals surface area contributed by atoms with Gasteiger partial charge < -0.3 is 9.73 Å². The molecule has 0 aliphatic carbocycles. The van der Waals surface area contributed by atoms with Crippen LogP contribution >= 0.6 is 11.6 Å². The van der Waals surface area contributed by atoms with Gasteiger partial charge in [-0.15, -0.1) is 0 Å². The molecule has 0 bridgehead atoms. The monoisotopic (exact) mass is 435 g/mol. The quantitative estimate of drug-likeness (QED) is 0.302. The number of benzene rings is 3. The number of nitro benzene ring substituents is 1. The van der Waals surface area contributed by atoms with Crippen LogP contribution in [0, 0.1) is 30.9 Å². The normalized spacial score (nSPS) is 11.0. The average molecular weight is 436 g/mol. The summed E-state index contributed by atoms with van der Waals surface area (Å²) >= 11 is 6.37. The molecule has 8 heteroatoms. The zero-order chi connectivity index (χ0) is 22.3. The summed E-state index contributed by atoms with van der Waals surface area (Å²) in [6, 6.07) is 13.2. The lowest BCUT2D eigenvalue weighted by Gasteiger charge is -2.08. The lowest BCUT2D eigenvalue weighted by Crippen LogP contribution is -2.12. The van der Waals surface area contributed by atoms with Crippen LogP contribution in [-0.4, -0.2) is 15.8 Å². The molecule has 0 radical (unpaired) electrons. The van der Waals surface area contributed by atoms with Gasteiger partial charge in [-0.05, 0) is 68.3 Å². The average Bonchev–Trinajstić information content (AvgIpc) is 3.13. The standard InChI is InChI=1S/C23H18ClN3O4/c1-12-8-14(3)21-19(9-12)26-23(31-21)17-11-16(5-6-18(17)24)25-22(28)15-4-7-20(27(29)30)13(2)10-15/h4-11H,1-3H3,(H,25,28). The van der Waals surface area contributed by atoms with E-state index in [-0.39, 0.29) is 5.69 Å². The lowest BCUT2D eigenvalue weighted by atomic mass is 10.1. The minimum atomic E-state index is -0.480. The zero-order valence-corrected chi connectivity index (χ0v) is 17.8. The van der Waals surface area contributed by atoms with Crippen molar-refractivity contribution in [3.8, 4) is 11.5 Å². The molecule has 0 unspecified atom stereocenters. The number of nitrogens with zero attached hydrogens (tertiary/aromatic N) is 2. The van der Waals surface area contributed by atoms with Gasteiger partial charge in [0.05, 0.1) is 15.5 Å². The van der Waals surface area contributed by atoms with E-state index in [1.165, 1.54) is 18.2 Å². The van der Waals surface area contributed by atoms with E-state index in [4.69, 9.17) is 16.0 Å². The van der Waals surface area contributed by atoms with Crippen LogP contribution in [0.4, 0.5) is 11.4 Å². The van der Waals surface area contributed by atoms with E-state index < -0.39 is 10.8 Å². The third kappa shape index (κ3) is 4.00. The molecule has 1 amide bonds. The molecule has 1 N–H and O–H groups in total. The van der Waals surface area contributed by atoms with E-state index in [9.17, 15) is 14.9 Å². The molecule has 0 aliphatic heterocycles. The summed E-state index contributed by atoms with van der Waals surface area (Å²) in [6.07, 6.45) is 0. The first-order valence-electron chi connectivity index (χ1n) is 9.47. The molecule has 31 heavy (non-hydrogen) atoms. The molecular formula is C23H18ClN3O4. The molecular weight excluding hydrogens is 418 g/mol. The topological polar surface area (TPSA) is 98.3 Å². The van der Waals surface area contributed by atoms with Crippen LogP contribution in [0.5, 0.6) is 0 Å². The van der Waals surface area contributed by atoms with Gasteiger partial charge in [-0.25, -0.2) is 4.98 Å². The highest BCUT2D eigenvalue weighted by Crippen LogP contribution is 2.33. The number of carbonyl (C=O) groups is 1. The second-order valence-corrected chi connectivity index (χ2v) is 7.76. The van der Waals surface area contributed by atoms with E-state index in [0.29, 0.717) is 38.9 Å². The number of hydrogen-bond acceptors (Lipinski definition) is 5. The number of amides is 1. The SMILES string of the molecule is Cc1cc(C)c2oc(-c3cc(NC(=O)c4ccc([N+](=O)[O-])c(C)c4)ccc3Cl)nc2c1. The van der Waals surface area contributed by atoms with Crippen molar-refractivity contribution in [1.29, 1.82) is 0 Å². The van der Waals surface area contributed by atoms with Gasteiger partial charge in [-0.2, -0.15) is 0 Å². The first kappa shape index (κ1) is 20.6. The number of rotatable bonds is 4. The molecule has 1 aromatic heterocycles. The Bertz CT molecular complexity index is 1360. The van der Waals surface area contributed by atoms with Crippen molar-refractivity contribution in [2.24, 2.45) is 0 Å². The number of nitro groups is 1. The van der Waals surface area contributed by atoms with E-state index in [2.05, 4.69) is 10.3 Å². The van der Waals surface area contributed by atoms with Gasteiger partial charge in [0.2, 0.25) is 5.89 Å². The summed E-state index contributed by atoms with van der Waals surface area (Å²) in [5, 5.41) is 14.2. The maximum absolute atomic E-state index is 12.7. The smallest absolute Gasteiger partial charge is 0.272 e. The predicted molar refractivity (Wildman–Crippen MR) is 120 cm³/mol. The van der Waals surface area contributed by atoms with Crippen LogP contribution < -0.4 is 5.32 Å². The van der Waals surface area contributed by atoms with Gasteiger partial charge >= 0.3 is 0 Å². The van der Waals surface area contributed by atoms with Crippen LogP contribution in [0.25, 0.3) is 22.6 Å². The van der Waals surface area contributed by atoms with Crippen LogP contribution in [0.1, 0.15) is 27.0 Å². The fourth-order valence-corrected chi connectivity index (χ4v) is 3.66. The summed E-state index contributed by atoms with van der Waals surface area (Å²) < 4.78 is 5.94. The Morgan fingerprint density at radius 3 is 2.55 bits per heavy atom. The van der Waals surface area contributed by atoms with Gasteiger partial charge in [0.1, 0.15) is 5.52 Å². The Morgan fingerprint density at radius 1 is 1.06 bits per heavy atom. The van der Waals surface area contributed by atoms with Crippen LogP contribution in [0.15, 0.2) is 52.9 Å². The molecule has 4 rings (SSSR count). The summed E-state index contributed by atoms with van der Waals surface area (Å²) in [6.45, 7) is 5.53. The van der Waals surface area contributed by atoms with Crippen molar-refractivity contribution in [2.75, 3.05) is 5.32 Å². The van der Waals surface area contributed by atoms with Gasteiger partial charge in [-0.3, -0.25) is 14.9 Å². The van der Waals surface area contributed by atoms with E-state index in [1.54, 1.807) is 25.1 Å². The Hall–Kier alpha value is -3.71. The highest BCUT2D eigenvalue weighted by atomic mass is 35.5. The van der Waals surface area contributed by atoms with Crippen molar-refractivity contribution in [3.05, 3.63) is 85.9 Å². The summed E-state index contributed by atoms with van der Waals surface area (Å²) in [5.41, 5.74) is 5.21. The highest BCUT2D eigenvalue weighted by molar-refractivity contribution is 6.33. The van der Waals surface area contributed by atoms with E-state index >= 15 is 0 Å². The van der Waals surface area contributed by atoms with Crippen molar-refractivity contribution in [2.45, 2.75) is 20.8 Å². The van der Waals surface area contributed by atoms with Crippen molar-refractivity contribution in [1.82, 2.24) is 4.98 Å². The number of halogens is 1. The predicted octanol–water partition coefficient (Wildman–Crippen LogP) is 6.23. The molecule has 3 aromatic carbocycles. The van der Waals surface area contributed by atoms with E-state index in [1.807, 2.05) is 26.0 Å². The zero-order valence-electron chi connectivity index (χ0n) is 17.0. The number of aromatic nitrogens is 1. The first-order valence-corrected chi connectivity index (χ1v) is 9.85. The largest absolute Gasteiger partial charge is 0.436 e. The molecule has 0 saturated carbocycles. The summed E-state index contributed by atoms with van der Waals surface area (Å²) in [7, 11) is 0. The number of anilines is 1. The van der Waals surface area contributed by atoms with Gasteiger partial charge in [0.25, 0.3) is 11.6 Å². The van der Waals surface area contributed by atoms with Crippen LogP contribution in [0.2, 0.25) is 5.02 Å². The van der Waals surface area contributed by atoms with Gasteiger partial charge in [-0.1, -0.05) is 17.7 Å². The number of carbonyl (C=O) groups excluding carboxylic acids is 1. The summed E-state index contributed by atoms with van der Waals surface area (Å²) in [4.78, 5) is 27.7. The first-order chi connectivity index (χ1) is 14.7. The number of aryl methyl sites for hydroxylation is 3. The molecule has 0 saturated heterocycles. The van der Waals surface area contributed by atoms with Gasteiger partial charge in [0, 0.05) is 22.9 Å². The van der Waals surface area contributed by atoms with Crippen molar-refractivity contribution >= 4 is 40.0 Å². The fourth-order valence-electron chi connectivity index (χ4n) is 3.46. The number of nitrogens with one attached hydrogen (secondary N) is 1. The molecule has 0 fully saturated rings. The van der Waals surface area contributed by atoms with Crippen molar-refractivity contribution in [3.63, 3.8) is 0 Å². The second kappa shape index (κ2) is 7.85. The fraction of sp³-hybridized carbons (Fsp3) is 0.130. The second-order valence-electron chi connectivity index (χ2n) is 7.36. The molecule has 4 aromatic rings. The maximum Gasteiger partial charge on any atom is 0.272 e. The Labute approximate surface area is 182 Å². The molecule has 7 nitrogen and oxygen atoms in total. The molecule has 156 valence electrons. The Balaban J connectivity index is 1.65. The summed E-state index contributed by atoms with van der Waals surface area (Å²) in [5.74, 6) is -0.0358. The Morgan fingerprint density at radius 2 is 1.84 bits per heavy atom. The number of oxazole rings is 1. The van der Waals surface area contributed by atoms with Gasteiger partial charge in [0.15, 0.2) is 5.58 Å². The Kier molecular flexibility index (Phi) is 5.20. The van der Waals surface area contributed by atoms with Crippen LogP contribution in [-0.2, 0) is 0 Å². The molecule has 1 heterocycles. The van der Waals surface area contributed by atoms with Crippen LogP contribution in [0.3, 0.4) is 0 Å². The number of fused-ring (bicyclic) bond motifs is 1. The molecule has 0 aliphatic rings. The third-order valence-corrected chi connectivity index (χ3v) is 5.26. The van der Waals surface area contributed by atoms with E-state index in [0.717, 1.165) is 16.6 Å². The molecule has 0 spiro atoms. The highest BCUT2D eigenvalue weighted by Gasteiger charge is 2.17. The lowest BCUT2D eigenvalue weighted by molar-refractivity contribution is -0.385. The molecule has 0 atom stereocenters. The minimum Gasteiger partial charge on any atom is -0.436 e. The number of hydrogen-bond donors (Lipinski definition) is 1.